The predicted molar refractivity (Wildman–Crippen MR) is 116 cm³/mol. The van der Waals surface area contributed by atoms with Crippen LogP contribution in [-0.2, 0) is 11.3 Å². The van der Waals surface area contributed by atoms with Crippen molar-refractivity contribution in [3.8, 4) is 10.6 Å². The molecule has 0 radical (unpaired) electrons. The second-order valence-electron chi connectivity index (χ2n) is 6.26. The summed E-state index contributed by atoms with van der Waals surface area (Å²) >= 11 is 1.45. The molecule has 0 spiro atoms. The van der Waals surface area contributed by atoms with Crippen LogP contribution in [0.2, 0.25) is 0 Å². The average molecular weight is 433 g/mol. The standard InChI is InChI=1S/C19H20N6O2S.ClH/c26-19(24-17-13-28-18(22-17)14-3-2-6-20-11-14)23-16-5-1-4-15(21-16)12-25-7-9-27-10-8-25;/h1-6,11,13H,7-10,12H2,(H2,21,23,24,26);1H. The molecule has 1 saturated heterocycles. The summed E-state index contributed by atoms with van der Waals surface area (Å²) in [5.74, 6) is 0.997. The number of nitrogens with one attached hydrogen (secondary N) is 2. The van der Waals surface area contributed by atoms with Gasteiger partial charge in [0.05, 0.1) is 18.9 Å². The number of amides is 2. The Kier molecular flexibility index (Phi) is 7.48. The van der Waals surface area contributed by atoms with Crippen molar-refractivity contribution < 1.29 is 9.53 Å². The van der Waals surface area contributed by atoms with E-state index in [-0.39, 0.29) is 18.4 Å². The number of anilines is 2. The van der Waals surface area contributed by atoms with Gasteiger partial charge in [0.2, 0.25) is 0 Å². The summed E-state index contributed by atoms with van der Waals surface area (Å²) in [7, 11) is 0. The van der Waals surface area contributed by atoms with Crippen molar-refractivity contribution in [2.45, 2.75) is 6.54 Å². The van der Waals surface area contributed by atoms with Crippen LogP contribution in [0.5, 0.6) is 0 Å². The number of ether oxygens (including phenoxy) is 1. The predicted octanol–water partition coefficient (Wildman–Crippen LogP) is 3.50. The fourth-order valence-electron chi connectivity index (χ4n) is 2.84. The first kappa shape index (κ1) is 21.1. The molecule has 8 nitrogen and oxygen atoms in total. The van der Waals surface area contributed by atoms with E-state index < -0.39 is 0 Å². The summed E-state index contributed by atoms with van der Waals surface area (Å²) in [5, 5.41) is 8.10. The summed E-state index contributed by atoms with van der Waals surface area (Å²) in [4.78, 5) is 27.6. The quantitative estimate of drug-likeness (QED) is 0.641. The number of carbonyl (C=O) groups is 1. The number of hydrogen-bond donors (Lipinski definition) is 2. The van der Waals surface area contributed by atoms with Crippen molar-refractivity contribution in [1.29, 1.82) is 0 Å². The number of halogens is 1. The number of pyridine rings is 2. The van der Waals surface area contributed by atoms with E-state index in [4.69, 9.17) is 4.74 Å². The summed E-state index contributed by atoms with van der Waals surface area (Å²) in [5.41, 5.74) is 1.82. The van der Waals surface area contributed by atoms with Crippen molar-refractivity contribution in [3.63, 3.8) is 0 Å². The first-order valence-corrected chi connectivity index (χ1v) is 9.84. The lowest BCUT2D eigenvalue weighted by Gasteiger charge is -2.26. The largest absolute Gasteiger partial charge is 0.379 e. The van der Waals surface area contributed by atoms with E-state index in [1.54, 1.807) is 23.8 Å². The van der Waals surface area contributed by atoms with Crippen LogP contribution in [0.4, 0.5) is 16.4 Å². The molecule has 1 aliphatic rings. The summed E-state index contributed by atoms with van der Waals surface area (Å²) < 4.78 is 5.36. The maximum atomic E-state index is 12.3. The Morgan fingerprint density at radius 2 is 1.93 bits per heavy atom. The number of thiazole rings is 1. The number of rotatable bonds is 5. The van der Waals surface area contributed by atoms with Crippen molar-refractivity contribution in [3.05, 3.63) is 53.8 Å². The Hall–Kier alpha value is -2.59. The molecule has 4 heterocycles. The molecule has 1 fully saturated rings. The first-order valence-electron chi connectivity index (χ1n) is 8.96. The number of hydrogen-bond acceptors (Lipinski definition) is 7. The van der Waals surface area contributed by atoms with Crippen molar-refractivity contribution >= 4 is 41.4 Å². The van der Waals surface area contributed by atoms with Gasteiger partial charge in [-0.15, -0.1) is 23.7 Å². The number of carbonyl (C=O) groups excluding carboxylic acids is 1. The van der Waals surface area contributed by atoms with E-state index in [1.807, 2.05) is 24.3 Å². The first-order chi connectivity index (χ1) is 13.8. The molecule has 0 saturated carbocycles. The highest BCUT2D eigenvalue weighted by Gasteiger charge is 2.12. The van der Waals surface area contributed by atoms with Crippen LogP contribution in [0, 0.1) is 0 Å². The number of urea groups is 1. The van der Waals surface area contributed by atoms with E-state index in [1.165, 1.54) is 11.3 Å². The van der Waals surface area contributed by atoms with E-state index in [0.29, 0.717) is 11.6 Å². The van der Waals surface area contributed by atoms with E-state index in [0.717, 1.165) is 49.1 Å². The van der Waals surface area contributed by atoms with Crippen LogP contribution in [0.25, 0.3) is 10.6 Å². The minimum absolute atomic E-state index is 0. The molecule has 1 aliphatic heterocycles. The highest BCUT2D eigenvalue weighted by atomic mass is 35.5. The van der Waals surface area contributed by atoms with Gasteiger partial charge in [-0.3, -0.25) is 20.5 Å². The lowest BCUT2D eigenvalue weighted by Crippen LogP contribution is -2.35. The molecule has 10 heteroatoms. The minimum Gasteiger partial charge on any atom is -0.379 e. The molecule has 3 aromatic heterocycles. The van der Waals surface area contributed by atoms with Gasteiger partial charge in [0.25, 0.3) is 0 Å². The third kappa shape index (κ3) is 5.94. The Labute approximate surface area is 178 Å². The molecule has 0 aliphatic carbocycles. The maximum absolute atomic E-state index is 12.3. The fourth-order valence-corrected chi connectivity index (χ4v) is 3.59. The maximum Gasteiger partial charge on any atom is 0.326 e. The third-order valence-corrected chi connectivity index (χ3v) is 5.08. The van der Waals surface area contributed by atoms with Gasteiger partial charge in [0, 0.05) is 43.0 Å². The van der Waals surface area contributed by atoms with Gasteiger partial charge in [-0.1, -0.05) is 6.07 Å². The lowest BCUT2D eigenvalue weighted by atomic mass is 10.3. The Bertz CT molecular complexity index is 933. The van der Waals surface area contributed by atoms with Gasteiger partial charge in [-0.2, -0.15) is 0 Å². The van der Waals surface area contributed by atoms with Crippen LogP contribution in [-0.4, -0.2) is 52.2 Å². The van der Waals surface area contributed by atoms with Gasteiger partial charge >= 0.3 is 6.03 Å². The van der Waals surface area contributed by atoms with Crippen molar-refractivity contribution in [2.24, 2.45) is 0 Å². The second-order valence-corrected chi connectivity index (χ2v) is 7.12. The molecular weight excluding hydrogens is 412 g/mol. The zero-order chi connectivity index (χ0) is 19.2. The summed E-state index contributed by atoms with van der Waals surface area (Å²) in [6, 6.07) is 9.02. The van der Waals surface area contributed by atoms with E-state index in [2.05, 4.69) is 30.5 Å². The van der Waals surface area contributed by atoms with Gasteiger partial charge in [0.1, 0.15) is 16.6 Å². The minimum atomic E-state index is -0.376. The zero-order valence-corrected chi connectivity index (χ0v) is 17.2. The highest BCUT2D eigenvalue weighted by Crippen LogP contribution is 2.25. The molecule has 2 N–H and O–H groups in total. The van der Waals surface area contributed by atoms with Gasteiger partial charge in [0.15, 0.2) is 0 Å². The Balaban J connectivity index is 0.00000240. The van der Waals surface area contributed by atoms with Crippen molar-refractivity contribution in [1.82, 2.24) is 19.9 Å². The highest BCUT2D eigenvalue weighted by molar-refractivity contribution is 7.13. The van der Waals surface area contributed by atoms with Crippen LogP contribution < -0.4 is 10.6 Å². The Morgan fingerprint density at radius 3 is 2.72 bits per heavy atom. The molecule has 29 heavy (non-hydrogen) atoms. The summed E-state index contributed by atoms with van der Waals surface area (Å²) in [6.07, 6.45) is 3.45. The third-order valence-electron chi connectivity index (χ3n) is 4.19. The van der Waals surface area contributed by atoms with Gasteiger partial charge < -0.3 is 4.74 Å². The van der Waals surface area contributed by atoms with Crippen LogP contribution in [0.15, 0.2) is 48.1 Å². The molecule has 0 unspecified atom stereocenters. The zero-order valence-electron chi connectivity index (χ0n) is 15.6. The van der Waals surface area contributed by atoms with E-state index >= 15 is 0 Å². The molecule has 0 atom stereocenters. The molecule has 4 rings (SSSR count). The van der Waals surface area contributed by atoms with E-state index in [9.17, 15) is 4.79 Å². The molecule has 152 valence electrons. The topological polar surface area (TPSA) is 92.3 Å². The summed E-state index contributed by atoms with van der Waals surface area (Å²) in [6.45, 7) is 4.01. The monoisotopic (exact) mass is 432 g/mol. The molecule has 0 bridgehead atoms. The fraction of sp³-hybridized carbons (Fsp3) is 0.263. The number of morpholine rings is 1. The van der Waals surface area contributed by atoms with Crippen LogP contribution in [0.3, 0.4) is 0 Å². The molecule has 3 aromatic rings. The van der Waals surface area contributed by atoms with Crippen LogP contribution in [0.1, 0.15) is 5.69 Å². The molecule has 2 amide bonds. The lowest BCUT2D eigenvalue weighted by molar-refractivity contribution is 0.0337. The van der Waals surface area contributed by atoms with Gasteiger partial charge in [-0.25, -0.2) is 14.8 Å². The normalized spacial score (nSPS) is 14.1. The second kappa shape index (κ2) is 10.3. The number of nitrogens with zero attached hydrogens (tertiary/aromatic N) is 4. The van der Waals surface area contributed by atoms with Crippen molar-refractivity contribution in [2.75, 3.05) is 36.9 Å². The molecule has 0 aromatic carbocycles. The number of aromatic nitrogens is 3. The SMILES string of the molecule is Cl.O=C(Nc1cccc(CN2CCOCC2)n1)Nc1csc(-c2cccnc2)n1. The van der Waals surface area contributed by atoms with Crippen LogP contribution >= 0.6 is 23.7 Å². The molecular formula is C19H21ClN6O2S. The smallest absolute Gasteiger partial charge is 0.326 e. The average Bonchev–Trinajstić information content (AvgIpc) is 3.18. The Morgan fingerprint density at radius 1 is 1.10 bits per heavy atom. The van der Waals surface area contributed by atoms with Gasteiger partial charge in [-0.05, 0) is 24.3 Å².